The molecule has 0 bridgehead atoms. The van der Waals surface area contributed by atoms with Crippen LogP contribution in [0.4, 0.5) is 5.69 Å². The average molecular weight is 348 g/mol. The number of ether oxygens (including phenoxy) is 2. The summed E-state index contributed by atoms with van der Waals surface area (Å²) in [6.45, 7) is 3.32. The largest absolute Gasteiger partial charge is 0.496 e. The molecule has 0 atom stereocenters. The van der Waals surface area contributed by atoms with Crippen LogP contribution in [-0.2, 0) is 9.53 Å². The van der Waals surface area contributed by atoms with Crippen LogP contribution < -0.4 is 10.1 Å². The number of carbonyl (C=O) groups excluding carboxylic acids is 2. The van der Waals surface area contributed by atoms with E-state index in [4.69, 9.17) is 21.1 Å². The predicted molar refractivity (Wildman–Crippen MR) is 92.8 cm³/mol. The van der Waals surface area contributed by atoms with E-state index < -0.39 is 18.5 Å². The molecule has 0 heterocycles. The Morgan fingerprint density at radius 1 is 1.12 bits per heavy atom. The highest BCUT2D eigenvalue weighted by molar-refractivity contribution is 6.31. The summed E-state index contributed by atoms with van der Waals surface area (Å²) in [5, 5.41) is 3.18. The lowest BCUT2D eigenvalue weighted by Crippen LogP contribution is -2.21. The molecule has 2 aromatic carbocycles. The first-order valence-corrected chi connectivity index (χ1v) is 7.66. The number of nitrogens with one attached hydrogen (secondary N) is 1. The zero-order chi connectivity index (χ0) is 17.7. The zero-order valence-electron chi connectivity index (χ0n) is 13.7. The van der Waals surface area contributed by atoms with Gasteiger partial charge in [-0.3, -0.25) is 4.79 Å². The summed E-state index contributed by atoms with van der Waals surface area (Å²) in [7, 11) is 1.47. The summed E-state index contributed by atoms with van der Waals surface area (Å²) in [5.74, 6) is -0.668. The molecule has 0 spiro atoms. The number of benzene rings is 2. The van der Waals surface area contributed by atoms with E-state index in [2.05, 4.69) is 5.32 Å². The highest BCUT2D eigenvalue weighted by atomic mass is 35.5. The van der Waals surface area contributed by atoms with Crippen molar-refractivity contribution in [2.75, 3.05) is 19.0 Å². The molecule has 2 rings (SSSR count). The number of hydrogen-bond acceptors (Lipinski definition) is 4. The van der Waals surface area contributed by atoms with Gasteiger partial charge in [-0.15, -0.1) is 0 Å². The number of hydrogen-bond donors (Lipinski definition) is 1. The quantitative estimate of drug-likeness (QED) is 0.836. The Kier molecular flexibility index (Phi) is 5.82. The van der Waals surface area contributed by atoms with Gasteiger partial charge in [0.1, 0.15) is 11.3 Å². The fraction of sp³-hybridized carbons (Fsp3) is 0.222. The fourth-order valence-electron chi connectivity index (χ4n) is 2.06. The number of aryl methyl sites for hydroxylation is 2. The van der Waals surface area contributed by atoms with E-state index in [0.717, 1.165) is 11.1 Å². The van der Waals surface area contributed by atoms with Gasteiger partial charge in [-0.25, -0.2) is 4.79 Å². The number of methoxy groups -OCH3 is 1. The first-order valence-electron chi connectivity index (χ1n) is 7.28. The summed E-state index contributed by atoms with van der Waals surface area (Å²) in [6, 6.07) is 10.3. The van der Waals surface area contributed by atoms with Crippen molar-refractivity contribution < 1.29 is 19.1 Å². The Balaban J connectivity index is 1.97. The van der Waals surface area contributed by atoms with Crippen molar-refractivity contribution in [3.63, 3.8) is 0 Å². The van der Waals surface area contributed by atoms with Crippen LogP contribution in [0.3, 0.4) is 0 Å². The van der Waals surface area contributed by atoms with Gasteiger partial charge >= 0.3 is 5.97 Å². The van der Waals surface area contributed by atoms with Crippen molar-refractivity contribution in [3.05, 3.63) is 58.1 Å². The van der Waals surface area contributed by atoms with Gasteiger partial charge in [0.2, 0.25) is 0 Å². The minimum atomic E-state index is -0.618. The van der Waals surface area contributed by atoms with Crippen LogP contribution in [0, 0.1) is 13.8 Å². The number of halogens is 1. The molecule has 0 saturated heterocycles. The summed E-state index contributed by atoms with van der Waals surface area (Å²) in [6.07, 6.45) is 0. The molecule has 1 N–H and O–H groups in total. The predicted octanol–water partition coefficient (Wildman–Crippen LogP) is 3.76. The van der Waals surface area contributed by atoms with E-state index in [9.17, 15) is 9.59 Å². The van der Waals surface area contributed by atoms with Crippen molar-refractivity contribution in [3.8, 4) is 5.75 Å². The zero-order valence-corrected chi connectivity index (χ0v) is 14.4. The van der Waals surface area contributed by atoms with E-state index in [-0.39, 0.29) is 5.56 Å². The SMILES string of the molecule is COc1ccc(C)cc1C(=O)OCC(=O)Nc1ccc(C)c(Cl)c1. The molecule has 0 radical (unpaired) electrons. The Morgan fingerprint density at radius 2 is 1.88 bits per heavy atom. The summed E-state index contributed by atoms with van der Waals surface area (Å²) in [5.41, 5.74) is 2.62. The maximum Gasteiger partial charge on any atom is 0.342 e. The number of amides is 1. The van der Waals surface area contributed by atoms with Gasteiger partial charge in [0.25, 0.3) is 5.91 Å². The van der Waals surface area contributed by atoms with Crippen LogP contribution in [0.15, 0.2) is 36.4 Å². The summed E-state index contributed by atoms with van der Waals surface area (Å²) >= 11 is 6.00. The molecule has 126 valence electrons. The number of anilines is 1. The second kappa shape index (κ2) is 7.84. The monoisotopic (exact) mass is 347 g/mol. The van der Waals surface area contributed by atoms with E-state index in [0.29, 0.717) is 16.5 Å². The van der Waals surface area contributed by atoms with E-state index >= 15 is 0 Å². The molecular formula is C18H18ClNO4. The Morgan fingerprint density at radius 3 is 2.54 bits per heavy atom. The van der Waals surface area contributed by atoms with E-state index in [1.807, 2.05) is 19.9 Å². The molecule has 2 aromatic rings. The molecule has 1 amide bonds. The van der Waals surface area contributed by atoms with Crippen LogP contribution >= 0.6 is 11.6 Å². The van der Waals surface area contributed by atoms with Crippen molar-refractivity contribution >= 4 is 29.2 Å². The first kappa shape index (κ1) is 17.8. The van der Waals surface area contributed by atoms with Gasteiger partial charge in [0, 0.05) is 10.7 Å². The first-order chi connectivity index (χ1) is 11.4. The smallest absolute Gasteiger partial charge is 0.342 e. The minimum absolute atomic E-state index is 0.281. The molecule has 0 aromatic heterocycles. The van der Waals surface area contributed by atoms with Gasteiger partial charge in [0.05, 0.1) is 7.11 Å². The second-order valence-corrected chi connectivity index (χ2v) is 5.70. The summed E-state index contributed by atoms with van der Waals surface area (Å²) < 4.78 is 10.2. The molecule has 6 heteroatoms. The van der Waals surface area contributed by atoms with Crippen LogP contribution in [-0.4, -0.2) is 25.6 Å². The second-order valence-electron chi connectivity index (χ2n) is 5.29. The Labute approximate surface area is 145 Å². The van der Waals surface area contributed by atoms with E-state index in [1.54, 1.807) is 30.3 Å². The summed E-state index contributed by atoms with van der Waals surface area (Å²) in [4.78, 5) is 24.0. The lowest BCUT2D eigenvalue weighted by atomic mass is 10.1. The van der Waals surface area contributed by atoms with Gasteiger partial charge in [-0.2, -0.15) is 0 Å². The van der Waals surface area contributed by atoms with Crippen LogP contribution in [0.1, 0.15) is 21.5 Å². The molecule has 5 nitrogen and oxygen atoms in total. The standard InChI is InChI=1S/C18H18ClNO4/c1-11-4-7-16(23-3)14(8-11)18(22)24-10-17(21)20-13-6-5-12(2)15(19)9-13/h4-9H,10H2,1-3H3,(H,20,21). The highest BCUT2D eigenvalue weighted by Gasteiger charge is 2.15. The maximum absolute atomic E-state index is 12.1. The highest BCUT2D eigenvalue weighted by Crippen LogP contribution is 2.21. The van der Waals surface area contributed by atoms with Gasteiger partial charge in [-0.05, 0) is 43.7 Å². The lowest BCUT2D eigenvalue weighted by Gasteiger charge is -2.10. The molecule has 0 aliphatic carbocycles. The number of rotatable bonds is 5. The third kappa shape index (κ3) is 4.49. The van der Waals surface area contributed by atoms with Gasteiger partial charge in [-0.1, -0.05) is 29.3 Å². The van der Waals surface area contributed by atoms with Crippen LogP contribution in [0.25, 0.3) is 0 Å². The number of esters is 1. The normalized spacial score (nSPS) is 10.2. The van der Waals surface area contributed by atoms with Gasteiger partial charge < -0.3 is 14.8 Å². The topological polar surface area (TPSA) is 64.6 Å². The molecule has 0 aliphatic rings. The molecular weight excluding hydrogens is 330 g/mol. The average Bonchev–Trinajstić information content (AvgIpc) is 2.56. The van der Waals surface area contributed by atoms with Crippen LogP contribution in [0.5, 0.6) is 5.75 Å². The van der Waals surface area contributed by atoms with Crippen molar-refractivity contribution in [2.45, 2.75) is 13.8 Å². The lowest BCUT2D eigenvalue weighted by molar-refractivity contribution is -0.119. The third-order valence-electron chi connectivity index (χ3n) is 3.36. The Hall–Kier alpha value is -2.53. The third-order valence-corrected chi connectivity index (χ3v) is 3.77. The van der Waals surface area contributed by atoms with Crippen LogP contribution in [0.2, 0.25) is 5.02 Å². The van der Waals surface area contributed by atoms with Crippen molar-refractivity contribution in [2.24, 2.45) is 0 Å². The molecule has 0 unspecified atom stereocenters. The maximum atomic E-state index is 12.1. The Bertz CT molecular complexity index is 774. The molecule has 0 fully saturated rings. The fourth-order valence-corrected chi connectivity index (χ4v) is 2.24. The molecule has 0 aliphatic heterocycles. The molecule has 24 heavy (non-hydrogen) atoms. The minimum Gasteiger partial charge on any atom is -0.496 e. The van der Waals surface area contributed by atoms with Crippen molar-refractivity contribution in [1.82, 2.24) is 0 Å². The molecule has 0 saturated carbocycles. The van der Waals surface area contributed by atoms with Crippen molar-refractivity contribution in [1.29, 1.82) is 0 Å². The number of carbonyl (C=O) groups is 2. The van der Waals surface area contributed by atoms with E-state index in [1.165, 1.54) is 7.11 Å². The van der Waals surface area contributed by atoms with Gasteiger partial charge in [0.15, 0.2) is 6.61 Å².